The molecule has 2 heterocycles. The Hall–Kier alpha value is -3.06. The molecule has 0 bridgehead atoms. The number of carbonyl (C=O) groups excluding carboxylic acids is 2. The molecule has 7 heteroatoms. The average molecular weight is 426 g/mol. The number of amides is 1. The summed E-state index contributed by atoms with van der Waals surface area (Å²) in [7, 11) is 0. The molecule has 1 aromatic carbocycles. The van der Waals surface area contributed by atoms with Crippen molar-refractivity contribution in [3.05, 3.63) is 52.9 Å². The number of morpholine rings is 1. The number of nitrogens with zero attached hydrogens (tertiary/aromatic N) is 2. The van der Waals surface area contributed by atoms with Gasteiger partial charge in [-0.05, 0) is 52.0 Å². The lowest BCUT2D eigenvalue weighted by Gasteiger charge is -2.29. The second-order valence-corrected chi connectivity index (χ2v) is 7.40. The Labute approximate surface area is 183 Å². The Balaban J connectivity index is 1.78. The summed E-state index contributed by atoms with van der Waals surface area (Å²) in [5.74, 6) is -0.621. The first-order chi connectivity index (χ1) is 15.0. The number of ether oxygens (including phenoxy) is 2. The third-order valence-corrected chi connectivity index (χ3v) is 5.52. The fourth-order valence-electron chi connectivity index (χ4n) is 3.99. The van der Waals surface area contributed by atoms with E-state index in [1.54, 1.807) is 13.0 Å². The van der Waals surface area contributed by atoms with Crippen molar-refractivity contribution in [1.82, 2.24) is 4.57 Å². The van der Waals surface area contributed by atoms with E-state index in [4.69, 9.17) is 9.47 Å². The van der Waals surface area contributed by atoms with Crippen LogP contribution in [0.15, 0.2) is 30.3 Å². The van der Waals surface area contributed by atoms with Gasteiger partial charge >= 0.3 is 5.97 Å². The van der Waals surface area contributed by atoms with Gasteiger partial charge in [0.25, 0.3) is 0 Å². The summed E-state index contributed by atoms with van der Waals surface area (Å²) in [6, 6.07) is 7.78. The fraction of sp³-hybridized carbons (Fsp3) is 0.417. The van der Waals surface area contributed by atoms with Crippen LogP contribution in [0.3, 0.4) is 0 Å². The molecule has 2 aromatic rings. The van der Waals surface area contributed by atoms with Crippen molar-refractivity contribution in [3.63, 3.8) is 0 Å². The largest absolute Gasteiger partial charge is 0.462 e. The van der Waals surface area contributed by atoms with Gasteiger partial charge in [-0.3, -0.25) is 4.79 Å². The standard InChI is InChI=1S/C24H31N3O4/c1-5-27-17(3)21(23(18(27)4)24(29)31-6-2)10-11-22(28)25-19-8-7-9-20(16-19)26-12-14-30-15-13-26/h7-11,16H,5-6,12-15H2,1-4H3,(H,25,28). The van der Waals surface area contributed by atoms with Gasteiger partial charge in [0.2, 0.25) is 5.91 Å². The lowest BCUT2D eigenvalue weighted by molar-refractivity contribution is -0.111. The third-order valence-electron chi connectivity index (χ3n) is 5.52. The Morgan fingerprint density at radius 3 is 2.58 bits per heavy atom. The number of carbonyl (C=O) groups is 2. The maximum absolute atomic E-state index is 12.6. The molecule has 1 aliphatic rings. The topological polar surface area (TPSA) is 72.8 Å². The van der Waals surface area contributed by atoms with Crippen molar-refractivity contribution in [2.75, 3.05) is 43.1 Å². The van der Waals surface area contributed by atoms with Gasteiger partial charge in [-0.15, -0.1) is 0 Å². The number of rotatable bonds is 7. The smallest absolute Gasteiger partial charge is 0.340 e. The summed E-state index contributed by atoms with van der Waals surface area (Å²) in [6.07, 6.45) is 3.16. The van der Waals surface area contributed by atoms with Crippen molar-refractivity contribution in [2.45, 2.75) is 34.2 Å². The molecule has 1 aliphatic heterocycles. The number of anilines is 2. The highest BCUT2D eigenvalue weighted by Gasteiger charge is 2.22. The molecule has 0 radical (unpaired) electrons. The number of hydrogen-bond acceptors (Lipinski definition) is 5. The SMILES string of the molecule is CCOC(=O)c1c(C=CC(=O)Nc2cccc(N3CCOCC3)c2)c(C)n(CC)c1C. The zero-order valence-corrected chi connectivity index (χ0v) is 18.7. The van der Waals surface area contributed by atoms with Crippen molar-refractivity contribution >= 4 is 29.3 Å². The maximum Gasteiger partial charge on any atom is 0.340 e. The Morgan fingerprint density at radius 2 is 1.90 bits per heavy atom. The van der Waals surface area contributed by atoms with Crippen molar-refractivity contribution in [3.8, 4) is 0 Å². The second kappa shape index (κ2) is 10.3. The van der Waals surface area contributed by atoms with Crippen LogP contribution in [0.2, 0.25) is 0 Å². The first kappa shape index (κ1) is 22.6. The van der Waals surface area contributed by atoms with Crippen LogP contribution in [0.4, 0.5) is 11.4 Å². The molecule has 0 spiro atoms. The Bertz CT molecular complexity index is 971. The number of nitrogens with one attached hydrogen (secondary N) is 1. The lowest BCUT2D eigenvalue weighted by atomic mass is 10.1. The summed E-state index contributed by atoms with van der Waals surface area (Å²) < 4.78 is 12.7. The normalized spacial score (nSPS) is 14.1. The Morgan fingerprint density at radius 1 is 1.16 bits per heavy atom. The highest BCUT2D eigenvalue weighted by atomic mass is 16.5. The number of benzene rings is 1. The predicted octanol–water partition coefficient (Wildman–Crippen LogP) is 3.79. The van der Waals surface area contributed by atoms with E-state index in [0.29, 0.717) is 25.4 Å². The number of esters is 1. The van der Waals surface area contributed by atoms with Crippen LogP contribution >= 0.6 is 0 Å². The van der Waals surface area contributed by atoms with Crippen molar-refractivity contribution < 1.29 is 19.1 Å². The van der Waals surface area contributed by atoms with Gasteiger partial charge in [0, 0.05) is 54.0 Å². The summed E-state index contributed by atoms with van der Waals surface area (Å²) in [4.78, 5) is 27.3. The lowest BCUT2D eigenvalue weighted by Crippen LogP contribution is -2.36. The van der Waals surface area contributed by atoms with Crippen LogP contribution in [0.25, 0.3) is 6.08 Å². The van der Waals surface area contributed by atoms with Crippen LogP contribution < -0.4 is 10.2 Å². The zero-order valence-electron chi connectivity index (χ0n) is 18.7. The number of hydrogen-bond donors (Lipinski definition) is 1. The van der Waals surface area contributed by atoms with E-state index in [0.717, 1.165) is 48.0 Å². The molecule has 166 valence electrons. The molecule has 0 saturated carbocycles. The molecule has 1 saturated heterocycles. The molecule has 1 N–H and O–H groups in total. The molecule has 3 rings (SSSR count). The summed E-state index contributed by atoms with van der Waals surface area (Å²) >= 11 is 0. The summed E-state index contributed by atoms with van der Waals surface area (Å²) in [5, 5.41) is 2.91. The molecule has 31 heavy (non-hydrogen) atoms. The minimum Gasteiger partial charge on any atom is -0.462 e. The molecule has 0 atom stereocenters. The van der Waals surface area contributed by atoms with Gasteiger partial charge in [-0.25, -0.2) is 4.79 Å². The van der Waals surface area contributed by atoms with Gasteiger partial charge in [-0.2, -0.15) is 0 Å². The highest BCUT2D eigenvalue weighted by molar-refractivity contribution is 6.04. The average Bonchev–Trinajstić information content (AvgIpc) is 3.02. The molecule has 7 nitrogen and oxygen atoms in total. The minimum absolute atomic E-state index is 0.254. The van der Waals surface area contributed by atoms with E-state index < -0.39 is 0 Å². The second-order valence-electron chi connectivity index (χ2n) is 7.40. The molecule has 1 amide bonds. The van der Waals surface area contributed by atoms with Crippen molar-refractivity contribution in [2.24, 2.45) is 0 Å². The molecular formula is C24H31N3O4. The van der Waals surface area contributed by atoms with Gasteiger partial charge in [0.05, 0.1) is 25.4 Å². The zero-order chi connectivity index (χ0) is 22.4. The fourth-order valence-corrected chi connectivity index (χ4v) is 3.99. The van der Waals surface area contributed by atoms with E-state index >= 15 is 0 Å². The van der Waals surface area contributed by atoms with Crippen LogP contribution in [0.1, 0.15) is 41.2 Å². The maximum atomic E-state index is 12.6. The summed E-state index contributed by atoms with van der Waals surface area (Å²) in [6.45, 7) is 11.8. The van der Waals surface area contributed by atoms with Gasteiger partial charge in [0.1, 0.15) is 0 Å². The highest BCUT2D eigenvalue weighted by Crippen LogP contribution is 2.25. The van der Waals surface area contributed by atoms with Crippen LogP contribution in [-0.2, 0) is 20.8 Å². The Kier molecular flexibility index (Phi) is 7.52. The molecule has 0 unspecified atom stereocenters. The first-order valence-corrected chi connectivity index (χ1v) is 10.7. The van der Waals surface area contributed by atoms with Crippen molar-refractivity contribution in [1.29, 1.82) is 0 Å². The van der Waals surface area contributed by atoms with Gasteiger partial charge in [0.15, 0.2) is 0 Å². The monoisotopic (exact) mass is 425 g/mol. The molecule has 1 fully saturated rings. The van der Waals surface area contributed by atoms with E-state index in [2.05, 4.69) is 14.8 Å². The number of aromatic nitrogens is 1. The third kappa shape index (κ3) is 5.17. The van der Waals surface area contributed by atoms with E-state index in [9.17, 15) is 9.59 Å². The molecular weight excluding hydrogens is 394 g/mol. The van der Waals surface area contributed by atoms with E-state index in [-0.39, 0.29) is 11.9 Å². The summed E-state index contributed by atoms with van der Waals surface area (Å²) in [5.41, 5.74) is 4.79. The van der Waals surface area contributed by atoms with Crippen LogP contribution in [0.5, 0.6) is 0 Å². The van der Waals surface area contributed by atoms with Crippen LogP contribution in [-0.4, -0.2) is 49.4 Å². The predicted molar refractivity (Wildman–Crippen MR) is 123 cm³/mol. The van der Waals surface area contributed by atoms with Gasteiger partial charge in [-0.1, -0.05) is 6.07 Å². The van der Waals surface area contributed by atoms with Crippen LogP contribution in [0, 0.1) is 13.8 Å². The van der Waals surface area contributed by atoms with E-state index in [1.807, 2.05) is 45.0 Å². The molecule has 1 aromatic heterocycles. The van der Waals surface area contributed by atoms with E-state index in [1.165, 1.54) is 6.08 Å². The molecule has 0 aliphatic carbocycles. The minimum atomic E-state index is -0.367. The first-order valence-electron chi connectivity index (χ1n) is 10.7. The van der Waals surface area contributed by atoms with Gasteiger partial charge < -0.3 is 24.3 Å². The quantitative estimate of drug-likeness (QED) is 0.540.